The highest BCUT2D eigenvalue weighted by Gasteiger charge is 2.23. The first kappa shape index (κ1) is 24.2. The fourth-order valence-electron chi connectivity index (χ4n) is 4.19. The molecule has 0 bridgehead atoms. The summed E-state index contributed by atoms with van der Waals surface area (Å²) < 4.78 is 5.29. The van der Waals surface area contributed by atoms with Crippen LogP contribution in [0, 0.1) is 17.8 Å². The third-order valence-electron chi connectivity index (χ3n) is 6.17. The van der Waals surface area contributed by atoms with Gasteiger partial charge in [0.15, 0.2) is 6.10 Å². The largest absolute Gasteiger partial charge is 0.450 e. The molecule has 30 heavy (non-hydrogen) atoms. The smallest absolute Gasteiger partial charge is 0.338 e. The maximum absolute atomic E-state index is 12.3. The Labute approximate surface area is 183 Å². The summed E-state index contributed by atoms with van der Waals surface area (Å²) in [7, 11) is 0. The summed E-state index contributed by atoms with van der Waals surface area (Å²) in [5.74, 6) is 6.03. The first-order valence-corrected chi connectivity index (χ1v) is 11.9. The van der Waals surface area contributed by atoms with E-state index in [-0.39, 0.29) is 5.78 Å². The normalized spacial score (nSPS) is 19.4. The van der Waals surface area contributed by atoms with Crippen LogP contribution in [0.4, 0.5) is 0 Å². The minimum atomic E-state index is -0.839. The molecular weight excluding hydrogens is 372 g/mol. The second-order valence-electron chi connectivity index (χ2n) is 8.65. The van der Waals surface area contributed by atoms with E-state index in [9.17, 15) is 9.59 Å². The van der Waals surface area contributed by atoms with Gasteiger partial charge >= 0.3 is 5.97 Å². The molecule has 1 atom stereocenters. The predicted molar refractivity (Wildman–Crippen MR) is 122 cm³/mol. The molecule has 164 valence electrons. The highest BCUT2D eigenvalue weighted by molar-refractivity contribution is 6.01. The summed E-state index contributed by atoms with van der Waals surface area (Å²) in [6.45, 7) is 5.85. The van der Waals surface area contributed by atoms with Crippen LogP contribution < -0.4 is 0 Å². The van der Waals surface area contributed by atoms with E-state index < -0.39 is 12.1 Å². The summed E-state index contributed by atoms with van der Waals surface area (Å²) >= 11 is 0. The van der Waals surface area contributed by atoms with Gasteiger partial charge in [-0.15, -0.1) is 0 Å². The van der Waals surface area contributed by atoms with Crippen LogP contribution in [0.1, 0.15) is 113 Å². The minimum Gasteiger partial charge on any atom is -0.450 e. The van der Waals surface area contributed by atoms with Gasteiger partial charge in [0.25, 0.3) is 0 Å². The van der Waals surface area contributed by atoms with Crippen LogP contribution in [0.25, 0.3) is 0 Å². The molecular formula is C27H38O3. The van der Waals surface area contributed by atoms with Gasteiger partial charge < -0.3 is 4.74 Å². The maximum atomic E-state index is 12.3. The van der Waals surface area contributed by atoms with Crippen LogP contribution in [-0.4, -0.2) is 17.9 Å². The fourth-order valence-corrected chi connectivity index (χ4v) is 4.19. The number of unbranched alkanes of at least 4 members (excludes halogenated alkanes) is 4. The molecule has 1 aliphatic rings. The van der Waals surface area contributed by atoms with E-state index in [1.807, 2.05) is 19.1 Å². The Hall–Kier alpha value is -2.08. The van der Waals surface area contributed by atoms with Gasteiger partial charge in [0.2, 0.25) is 5.78 Å². The second kappa shape index (κ2) is 13.3. The Morgan fingerprint density at radius 1 is 1.00 bits per heavy atom. The molecule has 0 amide bonds. The molecule has 0 spiro atoms. The van der Waals surface area contributed by atoms with Crippen molar-refractivity contribution in [2.45, 2.75) is 103 Å². The maximum Gasteiger partial charge on any atom is 0.338 e. The SMILES string of the molecule is CCCC#CC(=O)C(C)OC(=O)c1ccc(C2CCC(CCCCCC)CC2)cc1. The first-order chi connectivity index (χ1) is 14.5. The molecule has 0 saturated heterocycles. The molecule has 1 fully saturated rings. The standard InChI is InChI=1S/C27H38O3/c1-4-6-8-10-11-22-13-15-23(16-14-22)24-17-19-25(20-18-24)27(29)30-21(3)26(28)12-9-7-5-2/h17-23H,4-8,10-11,13-16H2,1-3H3. The molecule has 0 N–H and O–H groups in total. The molecule has 0 heterocycles. The van der Waals surface area contributed by atoms with E-state index in [4.69, 9.17) is 4.74 Å². The lowest BCUT2D eigenvalue weighted by Gasteiger charge is -2.29. The van der Waals surface area contributed by atoms with Crippen molar-refractivity contribution in [1.29, 1.82) is 0 Å². The zero-order valence-corrected chi connectivity index (χ0v) is 19.0. The summed E-state index contributed by atoms with van der Waals surface area (Å²) in [5.41, 5.74) is 1.80. The molecule has 1 aliphatic carbocycles. The number of ether oxygens (including phenoxy) is 1. The number of Topliss-reactive ketones (excluding diaryl/α,β-unsaturated/α-hetero) is 1. The van der Waals surface area contributed by atoms with E-state index in [1.54, 1.807) is 6.92 Å². The van der Waals surface area contributed by atoms with Crippen molar-refractivity contribution in [3.05, 3.63) is 35.4 Å². The Morgan fingerprint density at radius 2 is 1.70 bits per heavy atom. The highest BCUT2D eigenvalue weighted by atomic mass is 16.5. The van der Waals surface area contributed by atoms with E-state index in [1.165, 1.54) is 63.4 Å². The molecule has 1 saturated carbocycles. The second-order valence-corrected chi connectivity index (χ2v) is 8.65. The average molecular weight is 411 g/mol. The molecule has 0 aliphatic heterocycles. The molecule has 0 radical (unpaired) electrons. The lowest BCUT2D eigenvalue weighted by atomic mass is 9.77. The van der Waals surface area contributed by atoms with Crippen LogP contribution in [0.3, 0.4) is 0 Å². The van der Waals surface area contributed by atoms with Crippen molar-refractivity contribution in [3.8, 4) is 11.8 Å². The number of hydrogen-bond acceptors (Lipinski definition) is 3. The summed E-state index contributed by atoms with van der Waals surface area (Å²) in [6, 6.07) is 7.76. The number of carbonyl (C=O) groups excluding carboxylic acids is 2. The zero-order chi connectivity index (χ0) is 21.8. The van der Waals surface area contributed by atoms with E-state index in [0.717, 1.165) is 12.3 Å². The van der Waals surface area contributed by atoms with E-state index in [2.05, 4.69) is 30.9 Å². The number of esters is 1. The lowest BCUT2D eigenvalue weighted by Crippen LogP contribution is -2.23. The van der Waals surface area contributed by atoms with Gasteiger partial charge in [-0.05, 0) is 74.5 Å². The monoisotopic (exact) mass is 410 g/mol. The van der Waals surface area contributed by atoms with Crippen molar-refractivity contribution in [2.75, 3.05) is 0 Å². The molecule has 0 aromatic heterocycles. The van der Waals surface area contributed by atoms with Crippen LogP contribution in [0.2, 0.25) is 0 Å². The summed E-state index contributed by atoms with van der Waals surface area (Å²) in [4.78, 5) is 24.3. The Balaban J connectivity index is 1.80. The third kappa shape index (κ3) is 7.98. The summed E-state index contributed by atoms with van der Waals surface area (Å²) in [6.07, 6.45) is 12.7. The van der Waals surface area contributed by atoms with Crippen LogP contribution >= 0.6 is 0 Å². The Kier molecular flexibility index (Phi) is 10.7. The Morgan fingerprint density at radius 3 is 2.33 bits per heavy atom. The average Bonchev–Trinajstić information content (AvgIpc) is 2.77. The lowest BCUT2D eigenvalue weighted by molar-refractivity contribution is -0.121. The van der Waals surface area contributed by atoms with Crippen LogP contribution in [0.5, 0.6) is 0 Å². The summed E-state index contributed by atoms with van der Waals surface area (Å²) in [5, 5.41) is 0. The quantitative estimate of drug-likeness (QED) is 0.183. The predicted octanol–water partition coefficient (Wildman–Crippen LogP) is 6.85. The molecule has 2 rings (SSSR count). The molecule has 1 aromatic carbocycles. The number of benzene rings is 1. The molecule has 3 nitrogen and oxygen atoms in total. The van der Waals surface area contributed by atoms with Gasteiger partial charge in [0.05, 0.1) is 5.56 Å². The van der Waals surface area contributed by atoms with Crippen molar-refractivity contribution in [3.63, 3.8) is 0 Å². The third-order valence-corrected chi connectivity index (χ3v) is 6.17. The fraction of sp³-hybridized carbons (Fsp3) is 0.630. The molecule has 3 heteroatoms. The van der Waals surface area contributed by atoms with Crippen molar-refractivity contribution in [1.82, 2.24) is 0 Å². The van der Waals surface area contributed by atoms with E-state index in [0.29, 0.717) is 17.9 Å². The van der Waals surface area contributed by atoms with Crippen molar-refractivity contribution >= 4 is 11.8 Å². The van der Waals surface area contributed by atoms with Crippen molar-refractivity contribution in [2.24, 2.45) is 5.92 Å². The first-order valence-electron chi connectivity index (χ1n) is 11.9. The van der Waals surface area contributed by atoms with Crippen LogP contribution in [0.15, 0.2) is 24.3 Å². The zero-order valence-electron chi connectivity index (χ0n) is 19.0. The van der Waals surface area contributed by atoms with Gasteiger partial charge in [0.1, 0.15) is 0 Å². The molecule has 1 aromatic rings. The van der Waals surface area contributed by atoms with Crippen molar-refractivity contribution < 1.29 is 14.3 Å². The molecule has 1 unspecified atom stereocenters. The Bertz CT molecular complexity index is 715. The van der Waals surface area contributed by atoms with E-state index >= 15 is 0 Å². The number of ketones is 1. The van der Waals surface area contributed by atoms with Crippen LogP contribution in [-0.2, 0) is 9.53 Å². The van der Waals surface area contributed by atoms with Gasteiger partial charge in [-0.2, -0.15) is 0 Å². The minimum absolute atomic E-state index is 0.347. The van der Waals surface area contributed by atoms with Gasteiger partial charge in [0, 0.05) is 6.42 Å². The number of carbonyl (C=O) groups is 2. The van der Waals surface area contributed by atoms with Gasteiger partial charge in [-0.25, -0.2) is 4.79 Å². The topological polar surface area (TPSA) is 43.4 Å². The highest BCUT2D eigenvalue weighted by Crippen LogP contribution is 2.37. The van der Waals surface area contributed by atoms with Gasteiger partial charge in [-0.1, -0.05) is 64.0 Å². The van der Waals surface area contributed by atoms with Gasteiger partial charge in [-0.3, -0.25) is 4.79 Å². The number of hydrogen-bond donors (Lipinski definition) is 0. The number of rotatable bonds is 10.